The molecular formula is C13H20O5. The zero-order valence-corrected chi connectivity index (χ0v) is 10.8. The molecule has 18 heavy (non-hydrogen) atoms. The van der Waals surface area contributed by atoms with E-state index in [4.69, 9.17) is 18.9 Å². The van der Waals surface area contributed by atoms with Gasteiger partial charge in [-0.05, 0) is 18.8 Å². The topological polar surface area (TPSA) is 54.0 Å². The quantitative estimate of drug-likeness (QED) is 0.661. The third-order valence-electron chi connectivity index (χ3n) is 4.20. The second-order valence-electron chi connectivity index (χ2n) is 5.50. The van der Waals surface area contributed by atoms with Crippen LogP contribution in [0.3, 0.4) is 0 Å². The van der Waals surface area contributed by atoms with E-state index in [1.165, 1.54) is 0 Å². The molecule has 0 spiro atoms. The lowest BCUT2D eigenvalue weighted by Gasteiger charge is -2.37. The highest BCUT2D eigenvalue weighted by Crippen LogP contribution is 2.37. The number of carbonyl (C=O) groups is 1. The van der Waals surface area contributed by atoms with Gasteiger partial charge >= 0.3 is 5.97 Å². The number of hydrogen-bond donors (Lipinski definition) is 0. The van der Waals surface area contributed by atoms with Crippen LogP contribution in [0.5, 0.6) is 0 Å². The van der Waals surface area contributed by atoms with E-state index in [0.29, 0.717) is 12.3 Å². The first-order valence-electron chi connectivity index (χ1n) is 6.70. The van der Waals surface area contributed by atoms with Crippen LogP contribution in [0.2, 0.25) is 0 Å². The Hall–Kier alpha value is -0.650. The van der Waals surface area contributed by atoms with Crippen molar-refractivity contribution >= 4 is 5.97 Å². The summed E-state index contributed by atoms with van der Waals surface area (Å²) in [4.78, 5) is 11.3. The molecule has 6 atom stereocenters. The van der Waals surface area contributed by atoms with Crippen molar-refractivity contribution < 1.29 is 23.7 Å². The van der Waals surface area contributed by atoms with E-state index in [1.54, 1.807) is 7.11 Å². The minimum absolute atomic E-state index is 0.0491. The Morgan fingerprint density at radius 3 is 2.78 bits per heavy atom. The Balaban J connectivity index is 1.74. The van der Waals surface area contributed by atoms with Gasteiger partial charge in [0.05, 0.1) is 18.6 Å². The summed E-state index contributed by atoms with van der Waals surface area (Å²) in [5.41, 5.74) is 0. The van der Waals surface area contributed by atoms with Crippen molar-refractivity contribution in [3.8, 4) is 0 Å². The second kappa shape index (κ2) is 4.79. The molecule has 0 aromatic heterocycles. The number of fused-ring (bicyclic) bond motifs is 2. The van der Waals surface area contributed by atoms with Gasteiger partial charge in [-0.1, -0.05) is 6.92 Å². The number of ether oxygens (including phenoxy) is 4. The van der Waals surface area contributed by atoms with Crippen molar-refractivity contribution in [3.63, 3.8) is 0 Å². The number of esters is 1. The Bertz CT molecular complexity index is 331. The van der Waals surface area contributed by atoms with E-state index in [-0.39, 0.29) is 36.7 Å². The van der Waals surface area contributed by atoms with Crippen LogP contribution in [0, 0.1) is 5.92 Å². The van der Waals surface area contributed by atoms with Gasteiger partial charge in [-0.3, -0.25) is 4.79 Å². The van der Waals surface area contributed by atoms with Crippen molar-refractivity contribution in [2.45, 2.75) is 63.3 Å². The largest absolute Gasteiger partial charge is 0.459 e. The fourth-order valence-electron chi connectivity index (χ4n) is 3.26. The van der Waals surface area contributed by atoms with Crippen LogP contribution in [0.25, 0.3) is 0 Å². The number of carbonyl (C=O) groups excluding carboxylic acids is 1. The van der Waals surface area contributed by atoms with Crippen molar-refractivity contribution in [1.29, 1.82) is 0 Å². The van der Waals surface area contributed by atoms with E-state index in [9.17, 15) is 4.79 Å². The van der Waals surface area contributed by atoms with E-state index < -0.39 is 0 Å². The van der Waals surface area contributed by atoms with Crippen LogP contribution < -0.4 is 0 Å². The number of rotatable bonds is 1. The van der Waals surface area contributed by atoms with Crippen molar-refractivity contribution in [2.75, 3.05) is 7.11 Å². The number of hydrogen-bond acceptors (Lipinski definition) is 5. The molecule has 0 aliphatic carbocycles. The van der Waals surface area contributed by atoms with Gasteiger partial charge in [0.1, 0.15) is 12.2 Å². The third kappa shape index (κ3) is 2.15. The third-order valence-corrected chi connectivity index (χ3v) is 4.20. The van der Waals surface area contributed by atoms with Gasteiger partial charge in [0.2, 0.25) is 0 Å². The zero-order chi connectivity index (χ0) is 12.7. The summed E-state index contributed by atoms with van der Waals surface area (Å²) in [6, 6.07) is 0. The monoisotopic (exact) mass is 256 g/mol. The molecule has 0 amide bonds. The van der Waals surface area contributed by atoms with Crippen molar-refractivity contribution in [3.05, 3.63) is 0 Å². The van der Waals surface area contributed by atoms with Crippen molar-refractivity contribution in [2.24, 2.45) is 5.92 Å². The Labute approximate surface area is 107 Å². The first-order valence-corrected chi connectivity index (χ1v) is 6.70. The predicted octanol–water partition coefficient (Wildman–Crippen LogP) is 1.25. The molecule has 0 N–H and O–H groups in total. The molecule has 5 heteroatoms. The maximum atomic E-state index is 11.3. The average Bonchev–Trinajstić information content (AvgIpc) is 2.63. The molecular weight excluding hydrogens is 236 g/mol. The Morgan fingerprint density at radius 1 is 1.17 bits per heavy atom. The van der Waals surface area contributed by atoms with E-state index in [2.05, 4.69) is 6.92 Å². The van der Waals surface area contributed by atoms with Crippen molar-refractivity contribution in [1.82, 2.24) is 0 Å². The summed E-state index contributed by atoms with van der Waals surface area (Å²) in [7, 11) is 1.67. The molecule has 0 saturated carbocycles. The van der Waals surface area contributed by atoms with Crippen LogP contribution in [-0.4, -0.2) is 43.8 Å². The summed E-state index contributed by atoms with van der Waals surface area (Å²) in [5, 5.41) is 0. The van der Waals surface area contributed by atoms with Gasteiger partial charge in [0.25, 0.3) is 0 Å². The zero-order valence-electron chi connectivity index (χ0n) is 10.8. The highest BCUT2D eigenvalue weighted by molar-refractivity contribution is 5.72. The van der Waals surface area contributed by atoms with Gasteiger partial charge in [0, 0.05) is 13.5 Å². The molecule has 3 aliphatic rings. The highest BCUT2D eigenvalue weighted by Gasteiger charge is 2.47. The summed E-state index contributed by atoms with van der Waals surface area (Å²) >= 11 is 0. The van der Waals surface area contributed by atoms with E-state index in [0.717, 1.165) is 19.3 Å². The maximum Gasteiger partial charge on any atom is 0.308 e. The first-order chi connectivity index (χ1) is 8.67. The van der Waals surface area contributed by atoms with Gasteiger partial charge in [-0.25, -0.2) is 0 Å². The van der Waals surface area contributed by atoms with Gasteiger partial charge in [-0.2, -0.15) is 0 Å². The predicted molar refractivity (Wildman–Crippen MR) is 61.8 cm³/mol. The average molecular weight is 256 g/mol. The molecule has 3 saturated heterocycles. The standard InChI is InChI=1S/C13H20O5/c1-7-5-9-10(6-11(14)17-9)16-8-3-4-12(15-2)18-13(7)8/h7-10,12-13H,3-6H2,1-2H3/t7-,8+,9+,10-,12?,13-/m1/s1. The lowest BCUT2D eigenvalue weighted by Crippen LogP contribution is -2.44. The molecule has 5 nitrogen and oxygen atoms in total. The van der Waals surface area contributed by atoms with E-state index >= 15 is 0 Å². The second-order valence-corrected chi connectivity index (χ2v) is 5.50. The van der Waals surface area contributed by atoms with Crippen LogP contribution >= 0.6 is 0 Å². The van der Waals surface area contributed by atoms with Crippen LogP contribution in [0.15, 0.2) is 0 Å². The molecule has 3 aliphatic heterocycles. The Morgan fingerprint density at radius 2 is 2.00 bits per heavy atom. The SMILES string of the molecule is COC1CC[C@@H]2O[C@@H]3CC(=O)O[C@H]3C[C@@H](C)[C@H]2O1. The summed E-state index contributed by atoms with van der Waals surface area (Å²) in [6.07, 6.45) is 2.77. The van der Waals surface area contributed by atoms with Gasteiger partial charge in [0.15, 0.2) is 6.29 Å². The minimum Gasteiger partial charge on any atom is -0.459 e. The van der Waals surface area contributed by atoms with Crippen LogP contribution in [0.1, 0.15) is 32.6 Å². The first kappa shape index (κ1) is 12.4. The van der Waals surface area contributed by atoms with Crippen LogP contribution in [-0.2, 0) is 23.7 Å². The lowest BCUT2D eigenvalue weighted by molar-refractivity contribution is -0.233. The molecule has 3 heterocycles. The lowest BCUT2D eigenvalue weighted by atomic mass is 9.91. The molecule has 0 radical (unpaired) electrons. The summed E-state index contributed by atoms with van der Waals surface area (Å²) in [5.74, 6) is 0.177. The fourth-order valence-corrected chi connectivity index (χ4v) is 3.26. The molecule has 0 aromatic carbocycles. The molecule has 102 valence electrons. The minimum atomic E-state index is -0.137. The molecule has 3 fully saturated rings. The van der Waals surface area contributed by atoms with Gasteiger partial charge in [-0.15, -0.1) is 0 Å². The maximum absolute atomic E-state index is 11.3. The molecule has 0 bridgehead atoms. The van der Waals surface area contributed by atoms with Crippen LogP contribution in [0.4, 0.5) is 0 Å². The van der Waals surface area contributed by atoms with Gasteiger partial charge < -0.3 is 18.9 Å². The fraction of sp³-hybridized carbons (Fsp3) is 0.923. The summed E-state index contributed by atoms with van der Waals surface area (Å²) < 4.78 is 22.6. The Kier molecular flexibility index (Phi) is 3.30. The molecule has 3 rings (SSSR count). The number of methoxy groups -OCH3 is 1. The highest BCUT2D eigenvalue weighted by atomic mass is 16.7. The normalized spacial score (nSPS) is 48.0. The smallest absolute Gasteiger partial charge is 0.308 e. The van der Waals surface area contributed by atoms with E-state index in [1.807, 2.05) is 0 Å². The molecule has 0 aromatic rings. The summed E-state index contributed by atoms with van der Waals surface area (Å²) in [6.45, 7) is 2.13. The molecule has 1 unspecified atom stereocenters.